The Morgan fingerprint density at radius 2 is 1.73 bits per heavy atom. The van der Waals surface area contributed by atoms with Gasteiger partial charge in [0.1, 0.15) is 5.82 Å². The average molecular weight is 309 g/mol. The van der Waals surface area contributed by atoms with Crippen molar-refractivity contribution in [3.8, 4) is 0 Å². The van der Waals surface area contributed by atoms with E-state index < -0.39 is 0 Å². The van der Waals surface area contributed by atoms with Gasteiger partial charge in [-0.15, -0.1) is 0 Å². The average Bonchev–Trinajstić information content (AvgIpc) is 2.52. The summed E-state index contributed by atoms with van der Waals surface area (Å²) in [6, 6.07) is 8.30. The number of rotatable bonds is 1. The number of nitrogens with one attached hydrogen (secondary N) is 1. The number of ether oxygens (including phenoxy) is 2. The molecule has 1 unspecified atom stereocenters. The van der Waals surface area contributed by atoms with E-state index in [9.17, 15) is 4.39 Å². The van der Waals surface area contributed by atoms with Crippen LogP contribution in [0.5, 0.6) is 0 Å². The Kier molecular flexibility index (Phi) is 5.95. The molecule has 1 spiro atoms. The lowest BCUT2D eigenvalue weighted by Crippen LogP contribution is -2.59. The van der Waals surface area contributed by atoms with Crippen LogP contribution >= 0.6 is 0 Å². The van der Waals surface area contributed by atoms with E-state index in [0.717, 1.165) is 26.1 Å². The molecule has 1 N–H and O–H groups in total. The van der Waals surface area contributed by atoms with Crippen molar-refractivity contribution < 1.29 is 13.9 Å². The zero-order chi connectivity index (χ0) is 16.1. The topological polar surface area (TPSA) is 30.5 Å². The van der Waals surface area contributed by atoms with Crippen molar-refractivity contribution in [2.45, 2.75) is 51.4 Å². The molecule has 0 radical (unpaired) electrons. The minimum Gasteiger partial charge on any atom is -0.348 e. The molecule has 0 bridgehead atoms. The third-order valence-electron chi connectivity index (χ3n) is 4.29. The molecule has 1 aromatic rings. The van der Waals surface area contributed by atoms with Gasteiger partial charge >= 0.3 is 0 Å². The Morgan fingerprint density at radius 1 is 1.09 bits per heavy atom. The van der Waals surface area contributed by atoms with E-state index in [1.54, 1.807) is 18.2 Å². The van der Waals surface area contributed by atoms with Crippen LogP contribution in [0.4, 0.5) is 4.39 Å². The molecule has 2 aliphatic rings. The van der Waals surface area contributed by atoms with Crippen molar-refractivity contribution in [3.63, 3.8) is 0 Å². The summed E-state index contributed by atoms with van der Waals surface area (Å²) in [6.07, 6.45) is 4.70. The van der Waals surface area contributed by atoms with E-state index in [1.165, 1.54) is 25.0 Å². The van der Waals surface area contributed by atoms with Crippen LogP contribution in [-0.2, 0) is 9.47 Å². The van der Waals surface area contributed by atoms with E-state index >= 15 is 0 Å². The highest BCUT2D eigenvalue weighted by molar-refractivity contribution is 5.02. The first kappa shape index (κ1) is 17.4. The molecular weight excluding hydrogens is 281 g/mol. The van der Waals surface area contributed by atoms with Crippen molar-refractivity contribution >= 4 is 0 Å². The summed E-state index contributed by atoms with van der Waals surface area (Å²) in [5.41, 5.74) is 0.168. The molecule has 1 heterocycles. The normalized spacial score (nSPS) is 26.1. The molecule has 2 fully saturated rings. The van der Waals surface area contributed by atoms with Gasteiger partial charge in [-0.1, -0.05) is 38.5 Å². The summed E-state index contributed by atoms with van der Waals surface area (Å²) < 4.78 is 24.0. The SMILES string of the molecule is CNC1CCCCC12OCC(C)(C)CO2.Fc1ccccc1. The van der Waals surface area contributed by atoms with E-state index in [2.05, 4.69) is 19.2 Å². The fourth-order valence-corrected chi connectivity index (χ4v) is 2.96. The van der Waals surface area contributed by atoms with Crippen LogP contribution in [0.25, 0.3) is 0 Å². The number of hydrogen-bond acceptors (Lipinski definition) is 3. The van der Waals surface area contributed by atoms with Crippen LogP contribution in [0.1, 0.15) is 39.5 Å². The lowest BCUT2D eigenvalue weighted by molar-refractivity contribution is -0.319. The zero-order valence-corrected chi connectivity index (χ0v) is 13.9. The Hall–Kier alpha value is -0.970. The fourth-order valence-electron chi connectivity index (χ4n) is 2.96. The summed E-state index contributed by atoms with van der Waals surface area (Å²) >= 11 is 0. The van der Waals surface area contributed by atoms with Gasteiger partial charge in [-0.2, -0.15) is 0 Å². The predicted molar refractivity (Wildman–Crippen MR) is 86.1 cm³/mol. The van der Waals surface area contributed by atoms with Crippen LogP contribution < -0.4 is 5.32 Å². The third-order valence-corrected chi connectivity index (χ3v) is 4.29. The number of halogens is 1. The lowest BCUT2D eigenvalue weighted by Gasteiger charge is -2.49. The van der Waals surface area contributed by atoms with Gasteiger partial charge in [0, 0.05) is 11.8 Å². The maximum absolute atomic E-state index is 11.9. The van der Waals surface area contributed by atoms with Crippen molar-refractivity contribution in [1.82, 2.24) is 5.32 Å². The minimum absolute atomic E-state index is 0.168. The molecule has 1 saturated heterocycles. The van der Waals surface area contributed by atoms with Gasteiger partial charge in [-0.3, -0.25) is 0 Å². The summed E-state index contributed by atoms with van der Waals surface area (Å²) in [4.78, 5) is 0. The zero-order valence-electron chi connectivity index (χ0n) is 13.9. The van der Waals surface area contributed by atoms with Gasteiger partial charge in [-0.25, -0.2) is 4.39 Å². The second-order valence-corrected chi connectivity index (χ2v) is 6.94. The van der Waals surface area contributed by atoms with E-state index in [1.807, 2.05) is 7.05 Å². The highest BCUT2D eigenvalue weighted by atomic mass is 19.1. The van der Waals surface area contributed by atoms with Gasteiger partial charge in [0.25, 0.3) is 0 Å². The van der Waals surface area contributed by atoms with Crippen LogP contribution in [0.3, 0.4) is 0 Å². The molecule has 22 heavy (non-hydrogen) atoms. The van der Waals surface area contributed by atoms with Crippen LogP contribution in [0.15, 0.2) is 30.3 Å². The molecule has 1 aliphatic carbocycles. The van der Waals surface area contributed by atoms with Crippen molar-refractivity contribution in [2.75, 3.05) is 20.3 Å². The van der Waals surface area contributed by atoms with Gasteiger partial charge in [0.2, 0.25) is 0 Å². The first-order valence-electron chi connectivity index (χ1n) is 8.13. The van der Waals surface area contributed by atoms with Gasteiger partial charge < -0.3 is 14.8 Å². The largest absolute Gasteiger partial charge is 0.348 e. The molecule has 1 saturated carbocycles. The molecule has 3 rings (SSSR count). The monoisotopic (exact) mass is 309 g/mol. The first-order valence-corrected chi connectivity index (χ1v) is 8.13. The summed E-state index contributed by atoms with van der Waals surface area (Å²) in [5, 5.41) is 3.34. The number of hydrogen-bond donors (Lipinski definition) is 1. The maximum atomic E-state index is 11.9. The van der Waals surface area contributed by atoms with Crippen LogP contribution in [0, 0.1) is 11.2 Å². The third kappa shape index (κ3) is 4.51. The maximum Gasteiger partial charge on any atom is 0.183 e. The quantitative estimate of drug-likeness (QED) is 0.857. The summed E-state index contributed by atoms with van der Waals surface area (Å²) in [5.74, 6) is -0.509. The smallest absolute Gasteiger partial charge is 0.183 e. The Morgan fingerprint density at radius 3 is 2.23 bits per heavy atom. The minimum atomic E-state index is -0.331. The molecular formula is C18H28FNO2. The van der Waals surface area contributed by atoms with Crippen molar-refractivity contribution in [1.29, 1.82) is 0 Å². The van der Waals surface area contributed by atoms with Gasteiger partial charge in [0.05, 0.1) is 19.3 Å². The second-order valence-electron chi connectivity index (χ2n) is 6.94. The molecule has 4 heteroatoms. The molecule has 0 aromatic heterocycles. The molecule has 3 nitrogen and oxygen atoms in total. The number of likely N-dealkylation sites (N-methyl/N-ethyl adjacent to an activating group) is 1. The highest BCUT2D eigenvalue weighted by Crippen LogP contribution is 2.39. The number of benzene rings is 1. The van der Waals surface area contributed by atoms with E-state index in [4.69, 9.17) is 9.47 Å². The highest BCUT2D eigenvalue weighted by Gasteiger charge is 2.47. The van der Waals surface area contributed by atoms with Crippen LogP contribution in [0.2, 0.25) is 0 Å². The Bertz CT molecular complexity index is 440. The predicted octanol–water partition coefficient (Wildman–Crippen LogP) is 3.74. The fraction of sp³-hybridized carbons (Fsp3) is 0.667. The summed E-state index contributed by atoms with van der Waals surface area (Å²) in [7, 11) is 2.00. The molecule has 1 aromatic carbocycles. The van der Waals surface area contributed by atoms with Gasteiger partial charge in [0.15, 0.2) is 5.79 Å². The lowest BCUT2D eigenvalue weighted by atomic mass is 9.86. The first-order chi connectivity index (χ1) is 10.5. The van der Waals surface area contributed by atoms with Crippen molar-refractivity contribution in [3.05, 3.63) is 36.1 Å². The second kappa shape index (κ2) is 7.53. The summed E-state index contributed by atoms with van der Waals surface area (Å²) in [6.45, 7) is 6.00. The molecule has 1 aliphatic heterocycles. The van der Waals surface area contributed by atoms with Gasteiger partial charge in [-0.05, 0) is 32.0 Å². The molecule has 1 atom stereocenters. The van der Waals surface area contributed by atoms with E-state index in [0.29, 0.717) is 6.04 Å². The van der Waals surface area contributed by atoms with Crippen LogP contribution in [-0.4, -0.2) is 32.1 Å². The van der Waals surface area contributed by atoms with E-state index in [-0.39, 0.29) is 17.0 Å². The standard InChI is InChI=1S/C12H23NO2.C6H5F/c1-11(2)8-14-12(15-9-11)7-5-4-6-10(12)13-3;7-6-4-2-1-3-5-6/h10,13H,4-9H2,1-3H3;1-5H. The molecule has 124 valence electrons. The van der Waals surface area contributed by atoms with Crippen molar-refractivity contribution in [2.24, 2.45) is 5.41 Å². The Labute approximate surface area is 133 Å². The molecule has 0 amide bonds. The Balaban J connectivity index is 0.000000211.